The molecule has 1 atom stereocenters. The third-order valence-corrected chi connectivity index (χ3v) is 1.77. The molecule has 68 valence electrons. The topological polar surface area (TPSA) is 58.6 Å². The van der Waals surface area contributed by atoms with Gasteiger partial charge in [0.1, 0.15) is 6.61 Å². The average molecular weight is 179 g/mol. The van der Waals surface area contributed by atoms with Gasteiger partial charge in [-0.05, 0) is 12.1 Å². The lowest BCUT2D eigenvalue weighted by Gasteiger charge is -2.26. The average Bonchev–Trinajstić information content (AvgIpc) is 2.17. The molecule has 2 rings (SSSR count). The fourth-order valence-corrected chi connectivity index (χ4v) is 1.14. The van der Waals surface area contributed by atoms with Crippen molar-refractivity contribution < 1.29 is 19.4 Å². The van der Waals surface area contributed by atoms with E-state index < -0.39 is 12.1 Å². The zero-order chi connectivity index (χ0) is 9.26. The van der Waals surface area contributed by atoms with Gasteiger partial charge in [0.15, 0.2) is 17.6 Å². The van der Waals surface area contributed by atoms with E-state index in [9.17, 15) is 9.90 Å². The molecule has 0 aromatic heterocycles. The van der Waals surface area contributed by atoms with Gasteiger partial charge >= 0.3 is 0 Å². The van der Waals surface area contributed by atoms with Crippen molar-refractivity contribution in [2.75, 3.05) is 6.61 Å². The maximum Gasteiger partial charge on any atom is 0.172 e. The van der Waals surface area contributed by atoms with E-state index in [0.717, 1.165) is 0 Å². The maximum atomic E-state index is 10.4. The fraction of sp³-hybridized carbons (Fsp3) is 0.222. The normalized spacial score (nSPS) is 19.5. The van der Waals surface area contributed by atoms with Gasteiger partial charge in [-0.15, -0.1) is 0 Å². The molecule has 0 amide bonds. The minimum Gasteiger partial charge on any atom is -0.546 e. The molecule has 0 N–H and O–H groups in total. The molecule has 0 spiro atoms. The molecule has 1 aromatic rings. The Kier molecular flexibility index (Phi) is 1.81. The summed E-state index contributed by atoms with van der Waals surface area (Å²) in [7, 11) is 0. The Hall–Kier alpha value is -1.71. The summed E-state index contributed by atoms with van der Waals surface area (Å²) in [5, 5.41) is 10.4. The first-order chi connectivity index (χ1) is 6.27. The van der Waals surface area contributed by atoms with Crippen LogP contribution in [0.15, 0.2) is 24.3 Å². The molecular formula is C9H7O4-. The molecule has 13 heavy (non-hydrogen) atoms. The largest absolute Gasteiger partial charge is 0.546 e. The van der Waals surface area contributed by atoms with Crippen LogP contribution >= 0.6 is 0 Å². The number of rotatable bonds is 1. The van der Waals surface area contributed by atoms with Gasteiger partial charge in [0, 0.05) is 0 Å². The van der Waals surface area contributed by atoms with Crippen LogP contribution in [0.25, 0.3) is 0 Å². The number of aliphatic carboxylic acids is 1. The summed E-state index contributed by atoms with van der Waals surface area (Å²) in [4.78, 5) is 10.4. The van der Waals surface area contributed by atoms with Gasteiger partial charge in [0.2, 0.25) is 0 Å². The molecule has 0 unspecified atom stereocenters. The second-order valence-electron chi connectivity index (χ2n) is 2.68. The number of benzene rings is 1. The van der Waals surface area contributed by atoms with E-state index in [-0.39, 0.29) is 6.61 Å². The molecule has 0 bridgehead atoms. The lowest BCUT2D eigenvalue weighted by Crippen LogP contribution is -2.45. The maximum absolute atomic E-state index is 10.4. The lowest BCUT2D eigenvalue weighted by molar-refractivity contribution is -0.315. The molecule has 1 heterocycles. The number of carboxylic acid groups (broad SMARTS) is 1. The predicted octanol–water partition coefficient (Wildman–Crippen LogP) is -0.424. The molecule has 0 saturated carbocycles. The molecular weight excluding hydrogens is 172 g/mol. The second kappa shape index (κ2) is 2.97. The van der Waals surface area contributed by atoms with Crippen molar-refractivity contribution >= 4 is 5.97 Å². The number of carbonyl (C=O) groups excluding carboxylic acids is 1. The van der Waals surface area contributed by atoms with Crippen molar-refractivity contribution in [2.24, 2.45) is 0 Å². The first-order valence-corrected chi connectivity index (χ1v) is 3.87. The third kappa shape index (κ3) is 1.42. The highest BCUT2D eigenvalue weighted by Crippen LogP contribution is 2.30. The van der Waals surface area contributed by atoms with Crippen molar-refractivity contribution in [3.63, 3.8) is 0 Å². The Labute approximate surface area is 74.7 Å². The van der Waals surface area contributed by atoms with Crippen LogP contribution in [0.4, 0.5) is 0 Å². The monoisotopic (exact) mass is 179 g/mol. The van der Waals surface area contributed by atoms with Gasteiger partial charge in [0.05, 0.1) is 5.97 Å². The number of carbonyl (C=O) groups is 1. The molecule has 4 nitrogen and oxygen atoms in total. The highest BCUT2D eigenvalue weighted by molar-refractivity contribution is 5.71. The number of carboxylic acids is 1. The van der Waals surface area contributed by atoms with Crippen LogP contribution in [0.5, 0.6) is 11.5 Å². The third-order valence-electron chi connectivity index (χ3n) is 1.77. The zero-order valence-electron chi connectivity index (χ0n) is 6.73. The summed E-state index contributed by atoms with van der Waals surface area (Å²) < 4.78 is 10.3. The van der Waals surface area contributed by atoms with Crippen LogP contribution in [-0.2, 0) is 4.79 Å². The Morgan fingerprint density at radius 3 is 2.77 bits per heavy atom. The van der Waals surface area contributed by atoms with Crippen molar-refractivity contribution in [1.82, 2.24) is 0 Å². The van der Waals surface area contributed by atoms with Crippen LogP contribution in [0, 0.1) is 0 Å². The van der Waals surface area contributed by atoms with Crippen molar-refractivity contribution in [2.45, 2.75) is 6.10 Å². The minimum atomic E-state index is -1.26. The quantitative estimate of drug-likeness (QED) is 0.587. The highest BCUT2D eigenvalue weighted by Gasteiger charge is 2.20. The highest BCUT2D eigenvalue weighted by atomic mass is 16.6. The van der Waals surface area contributed by atoms with Crippen LogP contribution < -0.4 is 14.6 Å². The van der Waals surface area contributed by atoms with Gasteiger partial charge in [0.25, 0.3) is 0 Å². The fourth-order valence-electron chi connectivity index (χ4n) is 1.14. The van der Waals surface area contributed by atoms with Crippen molar-refractivity contribution in [3.8, 4) is 11.5 Å². The van der Waals surface area contributed by atoms with E-state index in [0.29, 0.717) is 11.5 Å². The Bertz CT molecular complexity index is 334. The minimum absolute atomic E-state index is 0.000648. The summed E-state index contributed by atoms with van der Waals surface area (Å²) in [5.74, 6) is -0.238. The molecule has 0 fully saturated rings. The van der Waals surface area contributed by atoms with E-state index in [1.807, 2.05) is 0 Å². The summed E-state index contributed by atoms with van der Waals surface area (Å²) in [6, 6.07) is 6.92. The molecule has 0 saturated heterocycles. The molecule has 1 aliphatic rings. The molecule has 0 radical (unpaired) electrons. The van der Waals surface area contributed by atoms with Crippen molar-refractivity contribution in [1.29, 1.82) is 0 Å². The molecule has 1 aromatic carbocycles. The molecule has 0 aliphatic carbocycles. The predicted molar refractivity (Wildman–Crippen MR) is 41.4 cm³/mol. The number of hydrogen-bond acceptors (Lipinski definition) is 4. The van der Waals surface area contributed by atoms with Gasteiger partial charge in [-0.1, -0.05) is 12.1 Å². The summed E-state index contributed by atoms with van der Waals surface area (Å²) in [6.07, 6.45) is -1.00. The van der Waals surface area contributed by atoms with Crippen molar-refractivity contribution in [3.05, 3.63) is 24.3 Å². The standard InChI is InChI=1S/C9H8O4/c10-9(11)8-5-12-6-3-1-2-4-7(6)13-8/h1-4,8H,5H2,(H,10,11)/p-1/t8-/m0/s1. The first kappa shape index (κ1) is 7.91. The van der Waals surface area contributed by atoms with Crippen LogP contribution in [0.3, 0.4) is 0 Å². The Morgan fingerprint density at radius 2 is 2.08 bits per heavy atom. The SMILES string of the molecule is O=C([O-])[C@@H]1COc2ccccc2O1. The Morgan fingerprint density at radius 1 is 1.38 bits per heavy atom. The Balaban J connectivity index is 2.24. The lowest BCUT2D eigenvalue weighted by atomic mass is 10.2. The summed E-state index contributed by atoms with van der Waals surface area (Å²) in [6.45, 7) is -0.000648. The first-order valence-electron chi connectivity index (χ1n) is 3.87. The van der Waals surface area contributed by atoms with Gasteiger partial charge in [-0.3, -0.25) is 0 Å². The van der Waals surface area contributed by atoms with Crippen LogP contribution in [-0.4, -0.2) is 18.7 Å². The second-order valence-corrected chi connectivity index (χ2v) is 2.68. The van der Waals surface area contributed by atoms with E-state index in [1.165, 1.54) is 0 Å². The number of hydrogen-bond donors (Lipinski definition) is 0. The summed E-state index contributed by atoms with van der Waals surface area (Å²) in [5.41, 5.74) is 0. The van der Waals surface area contributed by atoms with E-state index in [2.05, 4.69) is 0 Å². The van der Waals surface area contributed by atoms with E-state index in [4.69, 9.17) is 9.47 Å². The number of para-hydroxylation sites is 2. The van der Waals surface area contributed by atoms with Crippen LogP contribution in [0.1, 0.15) is 0 Å². The molecule has 1 aliphatic heterocycles. The smallest absolute Gasteiger partial charge is 0.172 e. The summed E-state index contributed by atoms with van der Waals surface area (Å²) >= 11 is 0. The number of ether oxygens (including phenoxy) is 2. The van der Waals surface area contributed by atoms with E-state index in [1.54, 1.807) is 24.3 Å². The van der Waals surface area contributed by atoms with Crippen LogP contribution in [0.2, 0.25) is 0 Å². The van der Waals surface area contributed by atoms with Gasteiger partial charge in [-0.25, -0.2) is 0 Å². The number of fused-ring (bicyclic) bond motifs is 1. The van der Waals surface area contributed by atoms with Gasteiger partial charge in [-0.2, -0.15) is 0 Å². The van der Waals surface area contributed by atoms with E-state index >= 15 is 0 Å². The van der Waals surface area contributed by atoms with Gasteiger partial charge < -0.3 is 19.4 Å². The molecule has 4 heteroatoms. The zero-order valence-corrected chi connectivity index (χ0v) is 6.73.